The summed E-state index contributed by atoms with van der Waals surface area (Å²) in [5, 5.41) is 3.38. The fraction of sp³-hybridized carbons (Fsp3) is 0.154. The molecule has 0 saturated carbocycles. The van der Waals surface area contributed by atoms with E-state index < -0.39 is 0 Å². The van der Waals surface area contributed by atoms with Crippen LogP contribution in [0.1, 0.15) is 22.7 Å². The van der Waals surface area contributed by atoms with E-state index in [1.165, 1.54) is 5.56 Å². The summed E-state index contributed by atoms with van der Waals surface area (Å²) in [6.45, 7) is 3.36. The second-order valence-corrected chi connectivity index (χ2v) is 7.64. The van der Waals surface area contributed by atoms with Gasteiger partial charge in [-0.25, -0.2) is 0 Å². The molecule has 4 heteroatoms. The maximum atomic E-state index is 13.7. The molecule has 1 atom stereocenters. The third kappa shape index (κ3) is 3.11. The lowest BCUT2D eigenvalue weighted by Gasteiger charge is -2.28. The molecule has 0 saturated heterocycles. The van der Waals surface area contributed by atoms with E-state index in [0.29, 0.717) is 18.8 Å². The Labute approximate surface area is 176 Å². The summed E-state index contributed by atoms with van der Waals surface area (Å²) in [5.41, 5.74) is 6.70. The molecule has 148 valence electrons. The molecule has 1 amide bonds. The second-order valence-electron chi connectivity index (χ2n) is 7.64. The van der Waals surface area contributed by atoms with E-state index >= 15 is 0 Å². The van der Waals surface area contributed by atoms with E-state index in [1.807, 2.05) is 53.4 Å². The van der Waals surface area contributed by atoms with Crippen LogP contribution in [0, 0.1) is 6.92 Å². The van der Waals surface area contributed by atoms with Crippen molar-refractivity contribution >= 4 is 17.3 Å². The SMILES string of the molecule is Cc1ccc([C@H]2C3=C(NCCN=C3c3ccccc3)C(=O)N2c2ccccc2)cc1. The summed E-state index contributed by atoms with van der Waals surface area (Å²) in [5.74, 6) is -0.00712. The number of amides is 1. The van der Waals surface area contributed by atoms with Gasteiger partial charge >= 0.3 is 0 Å². The summed E-state index contributed by atoms with van der Waals surface area (Å²) in [7, 11) is 0. The number of hydrogen-bond donors (Lipinski definition) is 1. The van der Waals surface area contributed by atoms with Crippen LogP contribution in [0.5, 0.6) is 0 Å². The molecule has 2 heterocycles. The summed E-state index contributed by atoms with van der Waals surface area (Å²) in [4.78, 5) is 20.5. The highest BCUT2D eigenvalue weighted by Gasteiger charge is 2.43. The number of carbonyl (C=O) groups is 1. The van der Waals surface area contributed by atoms with Crippen molar-refractivity contribution in [2.75, 3.05) is 18.0 Å². The largest absolute Gasteiger partial charge is 0.378 e. The Hall–Kier alpha value is -3.66. The zero-order chi connectivity index (χ0) is 20.5. The number of anilines is 1. The first kappa shape index (κ1) is 18.4. The van der Waals surface area contributed by atoms with Crippen molar-refractivity contribution in [3.05, 3.63) is 113 Å². The van der Waals surface area contributed by atoms with Gasteiger partial charge in [-0.15, -0.1) is 0 Å². The highest BCUT2D eigenvalue weighted by Crippen LogP contribution is 2.42. The van der Waals surface area contributed by atoms with Gasteiger partial charge in [0.05, 0.1) is 18.3 Å². The lowest BCUT2D eigenvalue weighted by Crippen LogP contribution is -2.33. The van der Waals surface area contributed by atoms with Crippen LogP contribution >= 0.6 is 0 Å². The molecule has 0 spiro atoms. The van der Waals surface area contributed by atoms with E-state index in [-0.39, 0.29) is 11.9 Å². The Morgan fingerprint density at radius 2 is 1.57 bits per heavy atom. The lowest BCUT2D eigenvalue weighted by molar-refractivity contribution is -0.115. The molecule has 0 radical (unpaired) electrons. The van der Waals surface area contributed by atoms with Crippen LogP contribution < -0.4 is 10.2 Å². The summed E-state index contributed by atoms with van der Waals surface area (Å²) in [6.07, 6.45) is 0. The third-order valence-corrected chi connectivity index (χ3v) is 5.65. The Balaban J connectivity index is 1.73. The van der Waals surface area contributed by atoms with Crippen LogP contribution in [0.15, 0.2) is 101 Å². The number of rotatable bonds is 3. The molecule has 0 aromatic heterocycles. The zero-order valence-corrected chi connectivity index (χ0v) is 16.9. The molecule has 1 N–H and O–H groups in total. The van der Waals surface area contributed by atoms with Gasteiger partial charge in [0.1, 0.15) is 5.70 Å². The first-order valence-electron chi connectivity index (χ1n) is 10.3. The van der Waals surface area contributed by atoms with E-state index in [9.17, 15) is 4.79 Å². The van der Waals surface area contributed by atoms with Crippen LogP contribution in [0.2, 0.25) is 0 Å². The van der Waals surface area contributed by atoms with Crippen molar-refractivity contribution in [1.82, 2.24) is 5.32 Å². The van der Waals surface area contributed by atoms with Crippen molar-refractivity contribution in [1.29, 1.82) is 0 Å². The van der Waals surface area contributed by atoms with Gasteiger partial charge < -0.3 is 5.32 Å². The van der Waals surface area contributed by atoms with Crippen molar-refractivity contribution in [2.45, 2.75) is 13.0 Å². The average Bonchev–Trinajstić information content (AvgIpc) is 2.93. The van der Waals surface area contributed by atoms with E-state index in [2.05, 4.69) is 48.6 Å². The monoisotopic (exact) mass is 393 g/mol. The fourth-order valence-corrected chi connectivity index (χ4v) is 4.23. The molecule has 5 rings (SSSR count). The third-order valence-electron chi connectivity index (χ3n) is 5.65. The molecule has 2 aliphatic rings. The molecule has 0 unspecified atom stereocenters. The standard InChI is InChI=1S/C26H23N3O/c1-18-12-14-20(15-13-18)25-22-23(19-8-4-2-5-9-19)27-16-17-28-24(22)26(30)29(25)21-10-6-3-7-11-21/h2-15,25,28H,16-17H2,1H3/t25-/m0/s1. The highest BCUT2D eigenvalue weighted by molar-refractivity contribution is 6.23. The molecule has 30 heavy (non-hydrogen) atoms. The first-order chi connectivity index (χ1) is 14.7. The maximum Gasteiger partial charge on any atom is 0.275 e. The number of aryl methyl sites for hydroxylation is 1. The molecule has 3 aromatic carbocycles. The predicted octanol–water partition coefficient (Wildman–Crippen LogP) is 4.43. The van der Waals surface area contributed by atoms with Crippen LogP contribution in [0.4, 0.5) is 5.69 Å². The van der Waals surface area contributed by atoms with E-state index in [0.717, 1.165) is 28.1 Å². The number of nitrogens with zero attached hydrogens (tertiary/aromatic N) is 2. The van der Waals surface area contributed by atoms with Crippen LogP contribution in [0.3, 0.4) is 0 Å². The van der Waals surface area contributed by atoms with Gasteiger partial charge in [0.25, 0.3) is 5.91 Å². The molecule has 3 aromatic rings. The maximum absolute atomic E-state index is 13.7. The molecule has 0 aliphatic carbocycles. The molecule has 2 aliphatic heterocycles. The Morgan fingerprint density at radius 1 is 0.900 bits per heavy atom. The first-order valence-corrected chi connectivity index (χ1v) is 10.3. The topological polar surface area (TPSA) is 44.7 Å². The molecule has 0 fully saturated rings. The van der Waals surface area contributed by atoms with Gasteiger partial charge in [-0.3, -0.25) is 14.7 Å². The number of carbonyl (C=O) groups excluding carboxylic acids is 1. The molecular weight excluding hydrogens is 370 g/mol. The van der Waals surface area contributed by atoms with E-state index in [4.69, 9.17) is 4.99 Å². The van der Waals surface area contributed by atoms with Crippen LogP contribution in [0.25, 0.3) is 0 Å². The zero-order valence-electron chi connectivity index (χ0n) is 16.9. The number of hydrogen-bond acceptors (Lipinski definition) is 3. The van der Waals surface area contributed by atoms with Crippen molar-refractivity contribution in [3.63, 3.8) is 0 Å². The quantitative estimate of drug-likeness (QED) is 0.715. The van der Waals surface area contributed by atoms with Gasteiger partial charge in [-0.05, 0) is 24.6 Å². The van der Waals surface area contributed by atoms with Gasteiger partial charge in [-0.1, -0.05) is 78.4 Å². The normalized spacial score (nSPS) is 18.6. The second kappa shape index (κ2) is 7.64. The number of aliphatic imine (C=N–C) groups is 1. The summed E-state index contributed by atoms with van der Waals surface area (Å²) >= 11 is 0. The summed E-state index contributed by atoms with van der Waals surface area (Å²) in [6, 6.07) is 28.3. The average molecular weight is 393 g/mol. The van der Waals surface area contributed by atoms with Gasteiger partial charge in [0.2, 0.25) is 0 Å². The predicted molar refractivity (Wildman–Crippen MR) is 121 cm³/mol. The Morgan fingerprint density at radius 3 is 2.27 bits per heavy atom. The van der Waals surface area contributed by atoms with Gasteiger partial charge in [0.15, 0.2) is 0 Å². The van der Waals surface area contributed by atoms with Crippen LogP contribution in [-0.2, 0) is 4.79 Å². The fourth-order valence-electron chi connectivity index (χ4n) is 4.23. The van der Waals surface area contributed by atoms with Gasteiger partial charge in [0, 0.05) is 23.4 Å². The minimum absolute atomic E-state index is 0.00712. The Kier molecular flexibility index (Phi) is 4.68. The molecule has 0 bridgehead atoms. The lowest BCUT2D eigenvalue weighted by atomic mass is 9.91. The summed E-state index contributed by atoms with van der Waals surface area (Å²) < 4.78 is 0. The van der Waals surface area contributed by atoms with Crippen molar-refractivity contribution < 1.29 is 4.79 Å². The highest BCUT2D eigenvalue weighted by atomic mass is 16.2. The minimum Gasteiger partial charge on any atom is -0.378 e. The molecule has 4 nitrogen and oxygen atoms in total. The van der Waals surface area contributed by atoms with Crippen LogP contribution in [-0.4, -0.2) is 24.7 Å². The number of nitrogens with one attached hydrogen (secondary N) is 1. The van der Waals surface area contributed by atoms with Crippen molar-refractivity contribution in [2.24, 2.45) is 4.99 Å². The minimum atomic E-state index is -0.236. The number of para-hydroxylation sites is 1. The Bertz CT molecular complexity index is 1130. The smallest absolute Gasteiger partial charge is 0.275 e. The number of benzene rings is 3. The van der Waals surface area contributed by atoms with E-state index in [1.54, 1.807) is 0 Å². The van der Waals surface area contributed by atoms with Gasteiger partial charge in [-0.2, -0.15) is 0 Å². The van der Waals surface area contributed by atoms with Crippen molar-refractivity contribution in [3.8, 4) is 0 Å². The molecular formula is C26H23N3O.